The van der Waals surface area contributed by atoms with Gasteiger partial charge >= 0.3 is 5.97 Å². The third-order valence-corrected chi connectivity index (χ3v) is 16.9. The van der Waals surface area contributed by atoms with E-state index in [-0.39, 0.29) is 18.5 Å². The van der Waals surface area contributed by atoms with Gasteiger partial charge < -0.3 is 45.1 Å². The van der Waals surface area contributed by atoms with Crippen LogP contribution in [0.2, 0.25) is 0 Å². The third kappa shape index (κ3) is 53.5. The number of aliphatic hydroxyl groups is 5. The number of amides is 1. The molecule has 0 aliphatic carbocycles. The highest BCUT2D eigenvalue weighted by molar-refractivity contribution is 5.76. The molecule has 7 unspecified atom stereocenters. The van der Waals surface area contributed by atoms with Gasteiger partial charge in [-0.05, 0) is 109 Å². The van der Waals surface area contributed by atoms with E-state index in [0.29, 0.717) is 19.4 Å². The van der Waals surface area contributed by atoms with Crippen LogP contribution in [0.5, 0.6) is 0 Å². The lowest BCUT2D eigenvalue weighted by atomic mass is 9.99. The van der Waals surface area contributed by atoms with E-state index >= 15 is 0 Å². The SMILES string of the molecule is CCC/C=C/CC/C=C/CC/C=C/C(O)C(COC1OC(CO)C(O)C(O)C1O)NC(=O)CCCCCCCCCCCCCCCCCCC/C=C\C/C=C\CCCCCCCCCCCCCOC(=O)CCCCCCC/C=C\C/C=C\CCCC. The van der Waals surface area contributed by atoms with Crippen LogP contribution in [0, 0.1) is 0 Å². The number of ether oxygens (including phenoxy) is 3. The Morgan fingerprint density at radius 3 is 1.23 bits per heavy atom. The van der Waals surface area contributed by atoms with E-state index in [1.165, 1.54) is 212 Å². The highest BCUT2D eigenvalue weighted by atomic mass is 16.7. The Morgan fingerprint density at radius 2 is 0.795 bits per heavy atom. The van der Waals surface area contributed by atoms with Crippen molar-refractivity contribution >= 4 is 11.9 Å². The van der Waals surface area contributed by atoms with E-state index < -0.39 is 49.5 Å². The zero-order chi connectivity index (χ0) is 63.7. The minimum atomic E-state index is -1.58. The van der Waals surface area contributed by atoms with Gasteiger partial charge in [0.1, 0.15) is 24.4 Å². The van der Waals surface area contributed by atoms with Crippen LogP contribution in [0.15, 0.2) is 85.1 Å². The summed E-state index contributed by atoms with van der Waals surface area (Å²) in [4.78, 5) is 25.1. The minimum absolute atomic E-state index is 0.00552. The number of rotatable bonds is 64. The average molecular weight is 1240 g/mol. The van der Waals surface area contributed by atoms with Gasteiger partial charge in [-0.1, -0.05) is 292 Å². The first-order valence-electron chi connectivity index (χ1n) is 36.9. The second kappa shape index (κ2) is 65.3. The molecule has 1 aliphatic rings. The molecule has 6 N–H and O–H groups in total. The van der Waals surface area contributed by atoms with Crippen LogP contribution in [-0.2, 0) is 23.8 Å². The second-order valence-electron chi connectivity index (χ2n) is 25.3. The molecule has 1 rings (SSSR count). The van der Waals surface area contributed by atoms with Gasteiger partial charge in [-0.2, -0.15) is 0 Å². The van der Waals surface area contributed by atoms with Gasteiger partial charge in [0.25, 0.3) is 0 Å². The average Bonchev–Trinajstić information content (AvgIpc) is 3.69. The lowest BCUT2D eigenvalue weighted by molar-refractivity contribution is -0.302. The lowest BCUT2D eigenvalue weighted by Crippen LogP contribution is -2.60. The van der Waals surface area contributed by atoms with Crippen molar-refractivity contribution in [1.82, 2.24) is 5.32 Å². The lowest BCUT2D eigenvalue weighted by Gasteiger charge is -2.40. The Kier molecular flexibility index (Phi) is 61.5. The van der Waals surface area contributed by atoms with Gasteiger partial charge in [-0.3, -0.25) is 9.59 Å². The maximum Gasteiger partial charge on any atom is 0.305 e. The van der Waals surface area contributed by atoms with Crippen molar-refractivity contribution in [3.8, 4) is 0 Å². The van der Waals surface area contributed by atoms with Crippen molar-refractivity contribution in [3.05, 3.63) is 85.1 Å². The zero-order valence-corrected chi connectivity index (χ0v) is 56.7. The third-order valence-electron chi connectivity index (χ3n) is 16.9. The largest absolute Gasteiger partial charge is 0.466 e. The Bertz CT molecular complexity index is 1740. The molecule has 11 heteroatoms. The van der Waals surface area contributed by atoms with E-state index in [1.54, 1.807) is 6.08 Å². The number of aliphatic hydroxyl groups excluding tert-OH is 5. The molecular weight excluding hydrogens is 1100 g/mol. The molecule has 88 heavy (non-hydrogen) atoms. The van der Waals surface area contributed by atoms with Gasteiger partial charge in [0.2, 0.25) is 5.91 Å². The Labute approximate surface area is 540 Å². The number of carbonyl (C=O) groups is 2. The summed E-state index contributed by atoms with van der Waals surface area (Å²) < 4.78 is 16.7. The molecule has 510 valence electrons. The smallest absolute Gasteiger partial charge is 0.305 e. The number of hydrogen-bond donors (Lipinski definition) is 6. The van der Waals surface area contributed by atoms with Gasteiger partial charge in [0.15, 0.2) is 6.29 Å². The highest BCUT2D eigenvalue weighted by Gasteiger charge is 2.44. The molecule has 0 aromatic heterocycles. The molecule has 1 amide bonds. The predicted molar refractivity (Wildman–Crippen MR) is 370 cm³/mol. The van der Waals surface area contributed by atoms with E-state index in [0.717, 1.165) is 89.9 Å². The normalized spacial score (nSPS) is 18.3. The maximum absolute atomic E-state index is 13.0. The Balaban J connectivity index is 1.93. The molecule has 0 saturated carbocycles. The van der Waals surface area contributed by atoms with Gasteiger partial charge in [0.05, 0.1) is 32.0 Å². The number of carbonyl (C=O) groups excluding carboxylic acids is 2. The fourth-order valence-corrected chi connectivity index (χ4v) is 11.1. The van der Waals surface area contributed by atoms with E-state index in [9.17, 15) is 35.1 Å². The molecule has 1 saturated heterocycles. The number of esters is 1. The topological polar surface area (TPSA) is 175 Å². The second-order valence-corrected chi connectivity index (χ2v) is 25.3. The maximum atomic E-state index is 13.0. The predicted octanol–water partition coefficient (Wildman–Crippen LogP) is 19.2. The van der Waals surface area contributed by atoms with Crippen molar-refractivity contribution < 1.29 is 49.3 Å². The summed E-state index contributed by atoms with van der Waals surface area (Å²) in [6.07, 6.45) is 80.3. The Morgan fingerprint density at radius 1 is 0.420 bits per heavy atom. The fraction of sp³-hybridized carbons (Fsp3) is 0.792. The Hall–Kier alpha value is -3.16. The van der Waals surface area contributed by atoms with Crippen molar-refractivity contribution in [1.29, 1.82) is 0 Å². The monoisotopic (exact) mass is 1240 g/mol. The van der Waals surface area contributed by atoms with Crippen molar-refractivity contribution in [3.63, 3.8) is 0 Å². The summed E-state index contributed by atoms with van der Waals surface area (Å²) in [5.74, 6) is -0.201. The minimum Gasteiger partial charge on any atom is -0.466 e. The van der Waals surface area contributed by atoms with E-state index in [4.69, 9.17) is 14.2 Å². The number of hydrogen-bond acceptors (Lipinski definition) is 10. The van der Waals surface area contributed by atoms with Crippen LogP contribution in [-0.4, -0.2) is 100 Å². The molecule has 0 radical (unpaired) electrons. The summed E-state index contributed by atoms with van der Waals surface area (Å²) >= 11 is 0. The van der Waals surface area contributed by atoms with Gasteiger partial charge in [0, 0.05) is 12.8 Å². The van der Waals surface area contributed by atoms with Gasteiger partial charge in [-0.25, -0.2) is 0 Å². The summed E-state index contributed by atoms with van der Waals surface area (Å²) in [5, 5.41) is 54.4. The fourth-order valence-electron chi connectivity index (χ4n) is 11.1. The van der Waals surface area contributed by atoms with Gasteiger partial charge in [-0.15, -0.1) is 0 Å². The summed E-state index contributed by atoms with van der Waals surface area (Å²) in [6.45, 7) is 4.22. The van der Waals surface area contributed by atoms with Crippen molar-refractivity contribution in [2.45, 2.75) is 371 Å². The van der Waals surface area contributed by atoms with Crippen LogP contribution in [0.25, 0.3) is 0 Å². The number of unbranched alkanes of at least 4 members (excludes halogenated alkanes) is 38. The van der Waals surface area contributed by atoms with E-state index in [2.05, 4.69) is 92.1 Å². The van der Waals surface area contributed by atoms with Crippen LogP contribution in [0.1, 0.15) is 328 Å². The molecule has 11 nitrogen and oxygen atoms in total. The molecule has 1 aliphatic heterocycles. The first-order valence-corrected chi connectivity index (χ1v) is 36.9. The van der Waals surface area contributed by atoms with E-state index in [1.807, 2.05) is 6.08 Å². The molecular formula is C77H137NO10. The van der Waals surface area contributed by atoms with Crippen molar-refractivity contribution in [2.75, 3.05) is 19.8 Å². The van der Waals surface area contributed by atoms with Crippen LogP contribution < -0.4 is 5.32 Å². The van der Waals surface area contributed by atoms with Crippen LogP contribution >= 0.6 is 0 Å². The molecule has 1 fully saturated rings. The highest BCUT2D eigenvalue weighted by Crippen LogP contribution is 2.23. The number of allylic oxidation sites excluding steroid dienone is 13. The molecule has 0 bridgehead atoms. The first-order chi connectivity index (χ1) is 43.2. The summed E-state index contributed by atoms with van der Waals surface area (Å²) in [7, 11) is 0. The quantitative estimate of drug-likeness (QED) is 0.0195. The molecule has 7 atom stereocenters. The molecule has 0 aromatic rings. The summed E-state index contributed by atoms with van der Waals surface area (Å²) in [6, 6.07) is -0.834. The molecule has 0 spiro atoms. The van der Waals surface area contributed by atoms with Crippen LogP contribution in [0.4, 0.5) is 0 Å². The summed E-state index contributed by atoms with van der Waals surface area (Å²) in [5.41, 5.74) is 0. The first kappa shape index (κ1) is 82.9. The number of nitrogens with one attached hydrogen (secondary N) is 1. The molecule has 1 heterocycles. The molecule has 0 aromatic carbocycles. The zero-order valence-electron chi connectivity index (χ0n) is 56.7. The van der Waals surface area contributed by atoms with Crippen molar-refractivity contribution in [2.24, 2.45) is 0 Å². The van der Waals surface area contributed by atoms with Crippen LogP contribution in [0.3, 0.4) is 0 Å². The standard InChI is InChI=1S/C77H137NO10/c1-3-5-7-9-11-13-15-16-41-45-49-53-57-61-65-73(82)86-66-62-58-54-50-46-42-39-37-35-33-31-29-27-25-23-21-19-17-18-20-22-24-26-28-30-32-34-36-38-40-44-48-52-56-60-64-72(81)78-69(68-87-77-76(85)75(84)74(83)71(67-79)88-77)70(80)63-59-55-51-47-43-14-12-10-8-6-4-2/h8-11,15-16,19,21,25,27,43,47,59,63,69-71,74-77,79-80,83-85H,3-7,12-14,17-18,20,22-24,26,28-42,44-46,48-58,60-62,64-68H2,1-2H3,(H,78,81)/b10-8+,11-9-,16-15-,21-19-,27-25-,47-43+,63-59+.